The summed E-state index contributed by atoms with van der Waals surface area (Å²) in [5.41, 5.74) is 13.1. The van der Waals surface area contributed by atoms with E-state index in [0.717, 1.165) is 65.6 Å². The van der Waals surface area contributed by atoms with Gasteiger partial charge in [-0.25, -0.2) is 0 Å². The van der Waals surface area contributed by atoms with Crippen LogP contribution in [0.2, 0.25) is 0 Å². The van der Waals surface area contributed by atoms with E-state index in [4.69, 9.17) is 15.2 Å². The molecule has 2 heterocycles. The van der Waals surface area contributed by atoms with Gasteiger partial charge in [0.25, 0.3) is 0 Å². The molecule has 6 rings (SSSR count). The van der Waals surface area contributed by atoms with E-state index in [9.17, 15) is 0 Å². The van der Waals surface area contributed by atoms with Crippen molar-refractivity contribution in [2.45, 2.75) is 19.4 Å². The van der Waals surface area contributed by atoms with Crippen LogP contribution in [0.25, 0.3) is 16.8 Å². The molecule has 0 radical (unpaired) electrons. The average Bonchev–Trinajstić information content (AvgIpc) is 2.92. The summed E-state index contributed by atoms with van der Waals surface area (Å²) in [6, 6.07) is 25.4. The second-order valence-corrected chi connectivity index (χ2v) is 9.44. The highest BCUT2D eigenvalue weighted by molar-refractivity contribution is 6.02. The first kappa shape index (κ1) is 21.8. The van der Waals surface area contributed by atoms with E-state index < -0.39 is 5.60 Å². The molecule has 0 spiro atoms. The molecule has 1 fully saturated rings. The van der Waals surface area contributed by atoms with Gasteiger partial charge >= 0.3 is 0 Å². The molecular formula is C31H30N2O2. The minimum absolute atomic E-state index is 0.740. The lowest BCUT2D eigenvalue weighted by Crippen LogP contribution is -2.37. The Morgan fingerprint density at radius 2 is 1.54 bits per heavy atom. The Kier molecular flexibility index (Phi) is 5.27. The summed E-state index contributed by atoms with van der Waals surface area (Å²) in [7, 11) is 0. The summed E-state index contributed by atoms with van der Waals surface area (Å²) in [6.45, 7) is 7.45. The number of morpholine rings is 1. The van der Waals surface area contributed by atoms with Crippen molar-refractivity contribution in [1.29, 1.82) is 0 Å². The quantitative estimate of drug-likeness (QED) is 0.367. The number of nitrogens with zero attached hydrogens (tertiary/aromatic N) is 1. The van der Waals surface area contributed by atoms with E-state index >= 15 is 0 Å². The number of rotatable bonds is 3. The molecule has 35 heavy (non-hydrogen) atoms. The number of nitrogen functional groups attached to an aromatic ring is 1. The molecule has 0 aromatic heterocycles. The minimum atomic E-state index is -0.748. The molecule has 4 heteroatoms. The second-order valence-electron chi connectivity index (χ2n) is 9.44. The zero-order valence-electron chi connectivity index (χ0n) is 20.3. The summed E-state index contributed by atoms with van der Waals surface area (Å²) in [5, 5.41) is 2.45. The molecule has 176 valence electrons. The van der Waals surface area contributed by atoms with Crippen molar-refractivity contribution in [3.05, 3.63) is 107 Å². The topological polar surface area (TPSA) is 47.7 Å². The zero-order chi connectivity index (χ0) is 24.0. The fourth-order valence-electron chi connectivity index (χ4n) is 5.47. The van der Waals surface area contributed by atoms with Gasteiger partial charge in [-0.15, -0.1) is 0 Å². The third-order valence-corrected chi connectivity index (χ3v) is 7.57. The molecule has 1 atom stereocenters. The molecule has 0 aliphatic carbocycles. The summed E-state index contributed by atoms with van der Waals surface area (Å²) in [4.78, 5) is 2.41. The van der Waals surface area contributed by atoms with Crippen molar-refractivity contribution in [2.75, 3.05) is 36.9 Å². The van der Waals surface area contributed by atoms with Crippen LogP contribution in [0, 0.1) is 13.8 Å². The van der Waals surface area contributed by atoms with Crippen LogP contribution in [0.15, 0.2) is 78.9 Å². The highest BCUT2D eigenvalue weighted by Gasteiger charge is 2.39. The summed E-state index contributed by atoms with van der Waals surface area (Å²) in [6.07, 6.45) is 4.45. The van der Waals surface area contributed by atoms with Gasteiger partial charge in [-0.3, -0.25) is 0 Å². The molecule has 0 saturated carbocycles. The van der Waals surface area contributed by atoms with E-state index in [1.54, 1.807) is 0 Å². The van der Waals surface area contributed by atoms with E-state index in [1.165, 1.54) is 16.5 Å². The lowest BCUT2D eigenvalue weighted by molar-refractivity contribution is 0.122. The molecule has 0 amide bonds. The van der Waals surface area contributed by atoms with Crippen LogP contribution < -0.4 is 15.4 Å². The number of fused-ring (bicyclic) bond motifs is 3. The van der Waals surface area contributed by atoms with Crippen LogP contribution in [-0.4, -0.2) is 26.3 Å². The fourth-order valence-corrected chi connectivity index (χ4v) is 5.47. The van der Waals surface area contributed by atoms with Crippen LogP contribution in [0.4, 0.5) is 11.4 Å². The molecule has 2 N–H and O–H groups in total. The molecule has 0 bridgehead atoms. The van der Waals surface area contributed by atoms with Gasteiger partial charge in [0.1, 0.15) is 5.75 Å². The molecule has 2 aliphatic heterocycles. The lowest BCUT2D eigenvalue weighted by atomic mass is 9.80. The number of anilines is 2. The first-order valence-electron chi connectivity index (χ1n) is 12.3. The fraction of sp³-hybridized carbons (Fsp3) is 0.226. The van der Waals surface area contributed by atoms with E-state index in [2.05, 4.69) is 91.6 Å². The van der Waals surface area contributed by atoms with Crippen LogP contribution in [0.3, 0.4) is 0 Å². The maximum Gasteiger partial charge on any atom is 0.178 e. The monoisotopic (exact) mass is 462 g/mol. The predicted molar refractivity (Wildman–Crippen MR) is 144 cm³/mol. The van der Waals surface area contributed by atoms with Gasteiger partial charge < -0.3 is 20.1 Å². The predicted octanol–water partition coefficient (Wildman–Crippen LogP) is 6.22. The first-order valence-corrected chi connectivity index (χ1v) is 12.3. The SMILES string of the molecule is Cc1c(N)ccc(C2(c3ccccc3)C=Cc3c(cc(N4CCOCC4)c4ccccc34)O2)c1C. The molecule has 4 aromatic carbocycles. The van der Waals surface area contributed by atoms with Crippen molar-refractivity contribution >= 4 is 28.2 Å². The lowest BCUT2D eigenvalue weighted by Gasteiger charge is -2.39. The summed E-state index contributed by atoms with van der Waals surface area (Å²) in [5.74, 6) is 0.894. The Labute approximate surface area is 206 Å². The van der Waals surface area contributed by atoms with Gasteiger partial charge in [0, 0.05) is 52.6 Å². The largest absolute Gasteiger partial charge is 0.473 e. The standard InChI is InChI=1S/C31H30N2O2/c1-21-22(2)28(32)13-12-27(21)31(23-8-4-3-5-9-23)15-14-26-24-10-6-7-11-25(24)29(20-30(26)35-31)33-16-18-34-19-17-33/h3-15,20H,16-19,32H2,1-2H3. The molecule has 1 unspecified atom stereocenters. The van der Waals surface area contributed by atoms with Gasteiger partial charge in [0.05, 0.1) is 13.2 Å². The maximum absolute atomic E-state index is 7.12. The van der Waals surface area contributed by atoms with Crippen molar-refractivity contribution in [1.82, 2.24) is 0 Å². The van der Waals surface area contributed by atoms with Crippen LogP contribution in [0.1, 0.15) is 27.8 Å². The van der Waals surface area contributed by atoms with Crippen molar-refractivity contribution in [3.63, 3.8) is 0 Å². The Bertz CT molecular complexity index is 1440. The highest BCUT2D eigenvalue weighted by atomic mass is 16.5. The van der Waals surface area contributed by atoms with Crippen LogP contribution >= 0.6 is 0 Å². The Hall–Kier alpha value is -3.76. The number of benzene rings is 4. The van der Waals surface area contributed by atoms with Gasteiger partial charge in [0.2, 0.25) is 0 Å². The first-order chi connectivity index (χ1) is 17.1. The molecule has 1 saturated heterocycles. The number of hydrogen-bond donors (Lipinski definition) is 1. The molecular weight excluding hydrogens is 432 g/mol. The average molecular weight is 463 g/mol. The number of ether oxygens (including phenoxy) is 2. The minimum Gasteiger partial charge on any atom is -0.473 e. The van der Waals surface area contributed by atoms with Crippen LogP contribution in [0.5, 0.6) is 5.75 Å². The van der Waals surface area contributed by atoms with Crippen molar-refractivity contribution in [2.24, 2.45) is 0 Å². The molecule has 2 aliphatic rings. The maximum atomic E-state index is 7.12. The zero-order valence-corrected chi connectivity index (χ0v) is 20.3. The third-order valence-electron chi connectivity index (χ3n) is 7.57. The summed E-state index contributed by atoms with van der Waals surface area (Å²) < 4.78 is 12.8. The number of hydrogen-bond acceptors (Lipinski definition) is 4. The van der Waals surface area contributed by atoms with Crippen molar-refractivity contribution in [3.8, 4) is 5.75 Å². The van der Waals surface area contributed by atoms with Crippen molar-refractivity contribution < 1.29 is 9.47 Å². The van der Waals surface area contributed by atoms with Gasteiger partial charge in [-0.2, -0.15) is 0 Å². The smallest absolute Gasteiger partial charge is 0.178 e. The van der Waals surface area contributed by atoms with Crippen LogP contribution in [-0.2, 0) is 10.3 Å². The number of nitrogens with two attached hydrogens (primary N) is 1. The van der Waals surface area contributed by atoms with Gasteiger partial charge in [-0.1, -0.05) is 60.7 Å². The van der Waals surface area contributed by atoms with E-state index in [-0.39, 0.29) is 0 Å². The van der Waals surface area contributed by atoms with E-state index in [0.29, 0.717) is 0 Å². The normalized spacial score (nSPS) is 19.4. The van der Waals surface area contributed by atoms with Gasteiger partial charge in [-0.05, 0) is 48.6 Å². The van der Waals surface area contributed by atoms with E-state index in [1.807, 2.05) is 12.1 Å². The molecule has 4 aromatic rings. The Morgan fingerprint density at radius 1 is 0.829 bits per heavy atom. The third kappa shape index (κ3) is 3.48. The Balaban J connectivity index is 1.59. The second kappa shape index (κ2) is 8.47. The Morgan fingerprint density at radius 3 is 2.31 bits per heavy atom. The summed E-state index contributed by atoms with van der Waals surface area (Å²) >= 11 is 0. The molecule has 4 nitrogen and oxygen atoms in total. The van der Waals surface area contributed by atoms with Gasteiger partial charge in [0.15, 0.2) is 5.60 Å². The highest BCUT2D eigenvalue weighted by Crippen LogP contribution is 2.47.